The van der Waals surface area contributed by atoms with Crippen molar-refractivity contribution in [1.82, 2.24) is 0 Å². The summed E-state index contributed by atoms with van der Waals surface area (Å²) in [4.78, 5) is 12.8. The Kier molecular flexibility index (Phi) is 3.99. The molecule has 0 spiro atoms. The fourth-order valence-corrected chi connectivity index (χ4v) is 2.67. The highest BCUT2D eigenvalue weighted by molar-refractivity contribution is 7.15. The minimum Gasteiger partial charge on any atom is -0.497 e. The molecule has 18 heavy (non-hydrogen) atoms. The van der Waals surface area contributed by atoms with E-state index in [-0.39, 0.29) is 6.42 Å². The number of hydrogen-bond donors (Lipinski definition) is 1. The first-order valence-electron chi connectivity index (χ1n) is 5.64. The van der Waals surface area contributed by atoms with Crippen LogP contribution in [0.5, 0.6) is 5.75 Å². The number of carboxylic acids is 1. The summed E-state index contributed by atoms with van der Waals surface area (Å²) in [6.07, 6.45) is 0.777. The van der Waals surface area contributed by atoms with Crippen molar-refractivity contribution in [1.29, 1.82) is 0 Å². The Bertz CT molecular complexity index is 528. The van der Waals surface area contributed by atoms with E-state index in [0.29, 0.717) is 6.42 Å². The van der Waals surface area contributed by atoms with Crippen LogP contribution in [0.4, 0.5) is 0 Å². The van der Waals surface area contributed by atoms with Gasteiger partial charge >= 0.3 is 5.97 Å². The van der Waals surface area contributed by atoms with E-state index in [0.717, 1.165) is 21.1 Å². The lowest BCUT2D eigenvalue weighted by molar-refractivity contribution is -0.136. The van der Waals surface area contributed by atoms with Crippen LogP contribution in [0, 0.1) is 0 Å². The van der Waals surface area contributed by atoms with Gasteiger partial charge in [0.1, 0.15) is 5.75 Å². The van der Waals surface area contributed by atoms with E-state index in [2.05, 4.69) is 0 Å². The quantitative estimate of drug-likeness (QED) is 0.897. The molecule has 2 aromatic rings. The number of thiophene rings is 1. The maximum atomic E-state index is 10.5. The van der Waals surface area contributed by atoms with Crippen LogP contribution < -0.4 is 4.74 Å². The van der Waals surface area contributed by atoms with E-state index in [1.54, 1.807) is 18.4 Å². The number of benzene rings is 1. The van der Waals surface area contributed by atoms with E-state index >= 15 is 0 Å². The molecular formula is C14H14O3S. The number of aryl methyl sites for hydroxylation is 1. The second-order valence-electron chi connectivity index (χ2n) is 3.89. The number of rotatable bonds is 5. The van der Waals surface area contributed by atoms with Gasteiger partial charge in [-0.25, -0.2) is 0 Å². The molecule has 0 aliphatic heterocycles. The predicted octanol–water partition coefficient (Wildman–Crippen LogP) is 3.44. The Morgan fingerprint density at radius 2 is 1.94 bits per heavy atom. The first-order valence-corrected chi connectivity index (χ1v) is 6.45. The van der Waals surface area contributed by atoms with Crippen LogP contribution in [0.25, 0.3) is 10.4 Å². The Labute approximate surface area is 110 Å². The van der Waals surface area contributed by atoms with E-state index in [9.17, 15) is 4.79 Å². The SMILES string of the molecule is COc1ccc(-c2ccc(CCC(=O)O)s2)cc1. The number of carbonyl (C=O) groups is 1. The van der Waals surface area contributed by atoms with E-state index in [1.807, 2.05) is 36.4 Å². The number of aliphatic carboxylic acids is 1. The molecule has 0 saturated carbocycles. The standard InChI is InChI=1S/C14H14O3S/c1-17-11-4-2-10(3-5-11)13-8-6-12(18-13)7-9-14(15)16/h2-6,8H,7,9H2,1H3,(H,15,16). The summed E-state index contributed by atoms with van der Waals surface area (Å²) in [6.45, 7) is 0. The zero-order valence-corrected chi connectivity index (χ0v) is 10.9. The second-order valence-corrected chi connectivity index (χ2v) is 5.06. The van der Waals surface area contributed by atoms with Crippen molar-refractivity contribution in [3.63, 3.8) is 0 Å². The molecule has 94 valence electrons. The first kappa shape index (κ1) is 12.6. The van der Waals surface area contributed by atoms with Crippen molar-refractivity contribution >= 4 is 17.3 Å². The van der Waals surface area contributed by atoms with Gasteiger partial charge in [-0.2, -0.15) is 0 Å². The minimum atomic E-state index is -0.755. The van der Waals surface area contributed by atoms with Gasteiger partial charge in [-0.15, -0.1) is 11.3 Å². The molecule has 0 bridgehead atoms. The molecule has 0 fully saturated rings. The monoisotopic (exact) mass is 262 g/mol. The third kappa shape index (κ3) is 3.11. The highest BCUT2D eigenvalue weighted by atomic mass is 32.1. The van der Waals surface area contributed by atoms with Crippen LogP contribution in [0.1, 0.15) is 11.3 Å². The van der Waals surface area contributed by atoms with Crippen molar-refractivity contribution < 1.29 is 14.6 Å². The summed E-state index contributed by atoms with van der Waals surface area (Å²) >= 11 is 1.64. The second kappa shape index (κ2) is 5.69. The zero-order chi connectivity index (χ0) is 13.0. The van der Waals surface area contributed by atoms with Crippen LogP contribution in [-0.2, 0) is 11.2 Å². The van der Waals surface area contributed by atoms with Crippen molar-refractivity contribution in [2.75, 3.05) is 7.11 Å². The van der Waals surface area contributed by atoms with Crippen molar-refractivity contribution in [3.8, 4) is 16.2 Å². The van der Waals surface area contributed by atoms with Crippen LogP contribution in [0.3, 0.4) is 0 Å². The van der Waals surface area contributed by atoms with Gasteiger partial charge in [0.2, 0.25) is 0 Å². The predicted molar refractivity (Wildman–Crippen MR) is 72.3 cm³/mol. The molecule has 3 nitrogen and oxygen atoms in total. The van der Waals surface area contributed by atoms with Crippen molar-refractivity contribution in [2.45, 2.75) is 12.8 Å². The van der Waals surface area contributed by atoms with Crippen LogP contribution in [0.2, 0.25) is 0 Å². The molecule has 0 unspecified atom stereocenters. The fourth-order valence-electron chi connectivity index (χ4n) is 1.65. The Morgan fingerprint density at radius 1 is 1.22 bits per heavy atom. The molecule has 0 aliphatic rings. The Morgan fingerprint density at radius 3 is 2.56 bits per heavy atom. The van der Waals surface area contributed by atoms with Crippen LogP contribution in [0.15, 0.2) is 36.4 Å². The number of ether oxygens (including phenoxy) is 1. The van der Waals surface area contributed by atoms with Crippen molar-refractivity contribution in [2.24, 2.45) is 0 Å². The van der Waals surface area contributed by atoms with Gasteiger partial charge in [0.15, 0.2) is 0 Å². The highest BCUT2D eigenvalue weighted by Crippen LogP contribution is 2.29. The molecule has 0 aliphatic carbocycles. The average Bonchev–Trinajstić information content (AvgIpc) is 2.85. The Balaban J connectivity index is 2.10. The molecule has 1 aromatic heterocycles. The third-order valence-corrected chi connectivity index (χ3v) is 3.82. The number of hydrogen-bond acceptors (Lipinski definition) is 3. The van der Waals surface area contributed by atoms with Gasteiger partial charge in [-0.3, -0.25) is 4.79 Å². The van der Waals surface area contributed by atoms with Gasteiger partial charge in [0.05, 0.1) is 13.5 Å². The van der Waals surface area contributed by atoms with Gasteiger partial charge in [0.25, 0.3) is 0 Å². The summed E-state index contributed by atoms with van der Waals surface area (Å²) in [5.41, 5.74) is 1.13. The summed E-state index contributed by atoms with van der Waals surface area (Å²) in [5, 5.41) is 8.65. The summed E-state index contributed by atoms with van der Waals surface area (Å²) in [5.74, 6) is 0.0794. The first-order chi connectivity index (χ1) is 8.69. The van der Waals surface area contributed by atoms with Gasteiger partial charge in [-0.05, 0) is 48.4 Å². The summed E-state index contributed by atoms with van der Waals surface area (Å²) in [6, 6.07) is 11.9. The zero-order valence-electron chi connectivity index (χ0n) is 10.1. The minimum absolute atomic E-state index is 0.183. The molecule has 0 amide bonds. The maximum Gasteiger partial charge on any atom is 0.303 e. The van der Waals surface area contributed by atoms with Gasteiger partial charge < -0.3 is 9.84 Å². The van der Waals surface area contributed by atoms with E-state index in [4.69, 9.17) is 9.84 Å². The molecule has 0 saturated heterocycles. The lowest BCUT2D eigenvalue weighted by Gasteiger charge is -2.00. The summed E-state index contributed by atoms with van der Waals surface area (Å²) < 4.78 is 5.11. The maximum absolute atomic E-state index is 10.5. The van der Waals surface area contributed by atoms with E-state index < -0.39 is 5.97 Å². The number of methoxy groups -OCH3 is 1. The molecular weight excluding hydrogens is 248 g/mol. The molecule has 2 rings (SSSR count). The topological polar surface area (TPSA) is 46.5 Å². The molecule has 0 radical (unpaired) electrons. The van der Waals surface area contributed by atoms with Gasteiger partial charge in [-0.1, -0.05) is 0 Å². The average molecular weight is 262 g/mol. The van der Waals surface area contributed by atoms with E-state index in [1.165, 1.54) is 0 Å². The lowest BCUT2D eigenvalue weighted by atomic mass is 10.2. The van der Waals surface area contributed by atoms with Crippen LogP contribution in [-0.4, -0.2) is 18.2 Å². The largest absolute Gasteiger partial charge is 0.497 e. The van der Waals surface area contributed by atoms with Gasteiger partial charge in [0, 0.05) is 9.75 Å². The van der Waals surface area contributed by atoms with Crippen LogP contribution >= 0.6 is 11.3 Å². The normalized spacial score (nSPS) is 10.3. The lowest BCUT2D eigenvalue weighted by Crippen LogP contribution is -1.95. The molecule has 0 atom stereocenters. The molecule has 1 N–H and O–H groups in total. The number of carboxylic acid groups (broad SMARTS) is 1. The third-order valence-electron chi connectivity index (χ3n) is 2.62. The molecule has 4 heteroatoms. The molecule has 1 heterocycles. The summed E-state index contributed by atoms with van der Waals surface area (Å²) in [7, 11) is 1.64. The Hall–Kier alpha value is -1.81. The van der Waals surface area contributed by atoms with Crippen molar-refractivity contribution in [3.05, 3.63) is 41.3 Å². The highest BCUT2D eigenvalue weighted by Gasteiger charge is 2.05. The molecule has 1 aromatic carbocycles. The fraction of sp³-hybridized carbons (Fsp3) is 0.214. The smallest absolute Gasteiger partial charge is 0.303 e.